The van der Waals surface area contributed by atoms with Gasteiger partial charge >= 0.3 is 5.97 Å². The van der Waals surface area contributed by atoms with Gasteiger partial charge in [-0.15, -0.1) is 0 Å². The van der Waals surface area contributed by atoms with Crippen LogP contribution in [-0.2, 0) is 19.6 Å². The number of piperidine rings is 1. The fourth-order valence-electron chi connectivity index (χ4n) is 3.35. The summed E-state index contributed by atoms with van der Waals surface area (Å²) in [7, 11) is -3.81. The number of hydrogen-bond donors (Lipinski definition) is 1. The summed E-state index contributed by atoms with van der Waals surface area (Å²) in [5.41, 5.74) is 0.829. The van der Waals surface area contributed by atoms with Crippen LogP contribution in [-0.4, -0.2) is 44.3 Å². The number of halogens is 2. The van der Waals surface area contributed by atoms with E-state index in [1.165, 1.54) is 22.5 Å². The maximum absolute atomic E-state index is 12.9. The predicted octanol–water partition coefficient (Wildman–Crippen LogP) is 4.21. The Kier molecular flexibility index (Phi) is 7.59. The second-order valence-electron chi connectivity index (χ2n) is 7.04. The fraction of sp³-hybridized carbons (Fsp3) is 0.333. The van der Waals surface area contributed by atoms with Crippen molar-refractivity contribution in [2.45, 2.75) is 24.7 Å². The summed E-state index contributed by atoms with van der Waals surface area (Å²) in [5.74, 6) is -1.04. The summed E-state index contributed by atoms with van der Waals surface area (Å²) in [4.78, 5) is 24.5. The molecule has 2 aromatic carbocycles. The maximum Gasteiger partial charge on any atom is 0.338 e. The number of sulfonamides is 1. The van der Waals surface area contributed by atoms with E-state index in [1.54, 1.807) is 31.2 Å². The molecule has 0 spiro atoms. The number of esters is 1. The van der Waals surface area contributed by atoms with Gasteiger partial charge in [-0.2, -0.15) is 4.31 Å². The molecule has 0 aromatic heterocycles. The lowest BCUT2D eigenvalue weighted by Gasteiger charge is -2.30. The predicted molar refractivity (Wildman–Crippen MR) is 119 cm³/mol. The highest BCUT2D eigenvalue weighted by molar-refractivity contribution is 7.89. The van der Waals surface area contributed by atoms with E-state index in [2.05, 4.69) is 5.32 Å². The molecule has 1 aliphatic heterocycles. The summed E-state index contributed by atoms with van der Waals surface area (Å²) in [6, 6.07) is 10.8. The molecule has 1 saturated heterocycles. The Morgan fingerprint density at radius 3 is 2.52 bits per heavy atom. The molecule has 0 saturated carbocycles. The van der Waals surface area contributed by atoms with Gasteiger partial charge in [0.2, 0.25) is 15.9 Å². The van der Waals surface area contributed by atoms with E-state index < -0.39 is 16.0 Å². The number of amides is 1. The lowest BCUT2D eigenvalue weighted by atomic mass is 9.97. The van der Waals surface area contributed by atoms with Crippen molar-refractivity contribution in [1.82, 2.24) is 4.31 Å². The number of anilines is 1. The molecule has 1 N–H and O–H groups in total. The normalized spacial score (nSPS) is 15.5. The Labute approximate surface area is 191 Å². The van der Waals surface area contributed by atoms with Gasteiger partial charge in [-0.1, -0.05) is 29.3 Å². The SMILES string of the molecule is CCOC(=O)c1cccc(NC(=O)C2CCN(S(=O)(=O)c3cc(Cl)ccc3Cl)CC2)c1. The molecular weight excluding hydrogens is 463 g/mol. The number of rotatable bonds is 6. The maximum atomic E-state index is 12.9. The molecule has 166 valence electrons. The van der Waals surface area contributed by atoms with Crippen molar-refractivity contribution >= 4 is 50.8 Å². The Morgan fingerprint density at radius 2 is 1.84 bits per heavy atom. The average molecular weight is 485 g/mol. The molecule has 1 heterocycles. The first kappa shape index (κ1) is 23.5. The van der Waals surface area contributed by atoms with Gasteiger partial charge in [0.25, 0.3) is 0 Å². The van der Waals surface area contributed by atoms with Crippen molar-refractivity contribution in [3.05, 3.63) is 58.1 Å². The van der Waals surface area contributed by atoms with Gasteiger partial charge in [0.1, 0.15) is 4.90 Å². The van der Waals surface area contributed by atoms with Crippen LogP contribution >= 0.6 is 23.2 Å². The van der Waals surface area contributed by atoms with Crippen LogP contribution < -0.4 is 5.32 Å². The van der Waals surface area contributed by atoms with Gasteiger partial charge in [0.05, 0.1) is 17.2 Å². The minimum Gasteiger partial charge on any atom is -0.462 e. The monoisotopic (exact) mass is 484 g/mol. The molecule has 0 atom stereocenters. The van der Waals surface area contributed by atoms with E-state index in [4.69, 9.17) is 27.9 Å². The molecule has 7 nitrogen and oxygen atoms in total. The van der Waals surface area contributed by atoms with Gasteiger partial charge in [0.15, 0.2) is 0 Å². The first-order valence-electron chi connectivity index (χ1n) is 9.75. The Bertz CT molecular complexity index is 1080. The number of ether oxygens (including phenoxy) is 1. The van der Waals surface area contributed by atoms with E-state index in [1.807, 2.05) is 0 Å². The number of carbonyl (C=O) groups excluding carboxylic acids is 2. The van der Waals surface area contributed by atoms with Crippen LogP contribution in [0.1, 0.15) is 30.1 Å². The Morgan fingerprint density at radius 1 is 1.13 bits per heavy atom. The van der Waals surface area contributed by atoms with Crippen molar-refractivity contribution in [2.24, 2.45) is 5.92 Å². The summed E-state index contributed by atoms with van der Waals surface area (Å²) < 4.78 is 32.1. The molecule has 1 amide bonds. The van der Waals surface area contributed by atoms with Crippen molar-refractivity contribution in [2.75, 3.05) is 25.0 Å². The van der Waals surface area contributed by atoms with Gasteiger partial charge in [-0.3, -0.25) is 4.79 Å². The fourth-order valence-corrected chi connectivity index (χ4v) is 5.56. The summed E-state index contributed by atoms with van der Waals surface area (Å²) in [6.45, 7) is 2.35. The van der Waals surface area contributed by atoms with E-state index >= 15 is 0 Å². The van der Waals surface area contributed by atoms with E-state index in [0.29, 0.717) is 24.1 Å². The first-order valence-corrected chi connectivity index (χ1v) is 11.9. The topological polar surface area (TPSA) is 92.8 Å². The lowest BCUT2D eigenvalue weighted by molar-refractivity contribution is -0.120. The minimum absolute atomic E-state index is 0.0413. The van der Waals surface area contributed by atoms with Crippen molar-refractivity contribution in [1.29, 1.82) is 0 Å². The number of nitrogens with one attached hydrogen (secondary N) is 1. The Hall–Kier alpha value is -2.13. The highest BCUT2D eigenvalue weighted by atomic mass is 35.5. The zero-order valence-corrected chi connectivity index (χ0v) is 19.1. The van der Waals surface area contributed by atoms with Crippen LogP contribution in [0.5, 0.6) is 0 Å². The van der Waals surface area contributed by atoms with Crippen LogP contribution in [0.25, 0.3) is 0 Å². The quantitative estimate of drug-likeness (QED) is 0.619. The van der Waals surface area contributed by atoms with Crippen molar-refractivity contribution < 1.29 is 22.7 Å². The molecule has 10 heteroatoms. The summed E-state index contributed by atoms with van der Waals surface area (Å²) >= 11 is 12.0. The molecular formula is C21H22Cl2N2O5S. The van der Waals surface area contributed by atoms with Crippen LogP contribution in [0.2, 0.25) is 10.0 Å². The summed E-state index contributed by atoms with van der Waals surface area (Å²) in [5, 5.41) is 3.18. The number of benzene rings is 2. The smallest absolute Gasteiger partial charge is 0.338 e. The first-order chi connectivity index (χ1) is 14.7. The van der Waals surface area contributed by atoms with Crippen molar-refractivity contribution in [3.63, 3.8) is 0 Å². The van der Waals surface area contributed by atoms with Crippen molar-refractivity contribution in [3.8, 4) is 0 Å². The van der Waals surface area contributed by atoms with Crippen LogP contribution in [0.4, 0.5) is 5.69 Å². The molecule has 31 heavy (non-hydrogen) atoms. The van der Waals surface area contributed by atoms with E-state index in [9.17, 15) is 18.0 Å². The molecule has 0 radical (unpaired) electrons. The van der Waals surface area contributed by atoms with Crippen LogP contribution in [0.15, 0.2) is 47.4 Å². The largest absolute Gasteiger partial charge is 0.462 e. The molecule has 0 aliphatic carbocycles. The number of carbonyl (C=O) groups is 2. The standard InChI is InChI=1S/C21H22Cl2N2O5S/c1-2-30-21(27)15-4-3-5-17(12-15)24-20(26)14-8-10-25(11-9-14)31(28,29)19-13-16(22)6-7-18(19)23/h3-7,12-14H,2,8-11H2,1H3,(H,24,26). The second kappa shape index (κ2) is 9.99. The van der Waals surface area contributed by atoms with E-state index in [0.717, 1.165) is 0 Å². The third kappa shape index (κ3) is 5.57. The van der Waals surface area contributed by atoms with E-state index in [-0.39, 0.29) is 46.5 Å². The molecule has 2 aromatic rings. The zero-order valence-electron chi connectivity index (χ0n) is 16.8. The zero-order chi connectivity index (χ0) is 22.6. The third-order valence-corrected chi connectivity index (χ3v) is 7.59. The number of hydrogen-bond acceptors (Lipinski definition) is 5. The van der Waals surface area contributed by atoms with Gasteiger partial charge in [-0.05, 0) is 56.2 Å². The number of nitrogens with zero attached hydrogens (tertiary/aromatic N) is 1. The highest BCUT2D eigenvalue weighted by Gasteiger charge is 2.33. The minimum atomic E-state index is -3.81. The average Bonchev–Trinajstić information content (AvgIpc) is 2.75. The highest BCUT2D eigenvalue weighted by Crippen LogP contribution is 2.30. The Balaban J connectivity index is 1.63. The summed E-state index contributed by atoms with van der Waals surface area (Å²) in [6.07, 6.45) is 0.724. The third-order valence-electron chi connectivity index (χ3n) is 4.98. The van der Waals surface area contributed by atoms with Gasteiger partial charge in [0, 0.05) is 29.7 Å². The molecule has 0 bridgehead atoms. The molecule has 1 fully saturated rings. The molecule has 3 rings (SSSR count). The van der Waals surface area contributed by atoms with Gasteiger partial charge in [-0.25, -0.2) is 13.2 Å². The van der Waals surface area contributed by atoms with Crippen LogP contribution in [0, 0.1) is 5.92 Å². The molecule has 0 unspecified atom stereocenters. The second-order valence-corrected chi connectivity index (χ2v) is 9.79. The lowest BCUT2D eigenvalue weighted by Crippen LogP contribution is -2.41. The van der Waals surface area contributed by atoms with Gasteiger partial charge < -0.3 is 10.1 Å². The van der Waals surface area contributed by atoms with Crippen LogP contribution in [0.3, 0.4) is 0 Å². The molecule has 1 aliphatic rings.